The van der Waals surface area contributed by atoms with E-state index in [9.17, 15) is 9.18 Å². The predicted octanol–water partition coefficient (Wildman–Crippen LogP) is 5.56. The number of benzene rings is 2. The lowest BCUT2D eigenvalue weighted by molar-refractivity contribution is -0.118. The summed E-state index contributed by atoms with van der Waals surface area (Å²) in [5.74, 6) is 1.51. The second-order valence-corrected chi connectivity index (χ2v) is 9.18. The van der Waals surface area contributed by atoms with Gasteiger partial charge >= 0.3 is 0 Å². The highest BCUT2D eigenvalue weighted by atomic mass is 32.2. The molecule has 0 atom stereocenters. The SMILES string of the molecule is COc1ccc(OC)c2sc(N(Cc3cccnc3)C(=O)CCSc3ccc(F)cc3)nc12. The smallest absolute Gasteiger partial charge is 0.229 e. The molecule has 2 heterocycles. The minimum Gasteiger partial charge on any atom is -0.495 e. The first-order valence-corrected chi connectivity index (χ1v) is 12.0. The number of pyridine rings is 1. The first-order chi connectivity index (χ1) is 16.1. The van der Waals surface area contributed by atoms with Crippen LogP contribution in [0.1, 0.15) is 12.0 Å². The number of nitrogens with zero attached hydrogens (tertiary/aromatic N) is 3. The fraction of sp³-hybridized carbons (Fsp3) is 0.208. The van der Waals surface area contributed by atoms with Gasteiger partial charge in [0, 0.05) is 29.5 Å². The summed E-state index contributed by atoms with van der Waals surface area (Å²) in [5, 5.41) is 0.563. The van der Waals surface area contributed by atoms with Gasteiger partial charge in [-0.1, -0.05) is 17.4 Å². The van der Waals surface area contributed by atoms with Gasteiger partial charge in [-0.2, -0.15) is 0 Å². The van der Waals surface area contributed by atoms with E-state index in [0.29, 0.717) is 40.9 Å². The first-order valence-electron chi connectivity index (χ1n) is 10.2. The number of anilines is 1. The lowest BCUT2D eigenvalue weighted by atomic mass is 10.2. The van der Waals surface area contributed by atoms with Crippen LogP contribution in [0.15, 0.2) is 65.8 Å². The number of thiazole rings is 1. The summed E-state index contributed by atoms with van der Waals surface area (Å²) in [7, 11) is 3.19. The Kier molecular flexibility index (Phi) is 7.41. The maximum atomic E-state index is 13.3. The molecule has 0 unspecified atom stereocenters. The van der Waals surface area contributed by atoms with E-state index < -0.39 is 0 Å². The molecule has 1 amide bonds. The van der Waals surface area contributed by atoms with Gasteiger partial charge in [0.15, 0.2) is 5.13 Å². The summed E-state index contributed by atoms with van der Waals surface area (Å²) in [6, 6.07) is 13.7. The quantitative estimate of drug-likeness (QED) is 0.290. The molecule has 0 aliphatic rings. The number of rotatable bonds is 9. The minimum absolute atomic E-state index is 0.0644. The van der Waals surface area contributed by atoms with Crippen molar-refractivity contribution < 1.29 is 18.7 Å². The van der Waals surface area contributed by atoms with E-state index in [1.54, 1.807) is 49.7 Å². The number of carbonyl (C=O) groups excluding carboxylic acids is 1. The van der Waals surface area contributed by atoms with Gasteiger partial charge in [-0.3, -0.25) is 14.7 Å². The van der Waals surface area contributed by atoms with Crippen LogP contribution in [-0.4, -0.2) is 35.8 Å². The number of halogens is 1. The van der Waals surface area contributed by atoms with Crippen molar-refractivity contribution in [1.82, 2.24) is 9.97 Å². The fourth-order valence-electron chi connectivity index (χ4n) is 3.25. The Bertz CT molecular complexity index is 1190. The first kappa shape index (κ1) is 23.0. The highest BCUT2D eigenvalue weighted by molar-refractivity contribution is 7.99. The van der Waals surface area contributed by atoms with Crippen LogP contribution in [-0.2, 0) is 11.3 Å². The Morgan fingerprint density at radius 1 is 1.09 bits per heavy atom. The van der Waals surface area contributed by atoms with E-state index in [4.69, 9.17) is 14.5 Å². The van der Waals surface area contributed by atoms with Gasteiger partial charge in [-0.15, -0.1) is 11.8 Å². The lowest BCUT2D eigenvalue weighted by Gasteiger charge is -2.20. The molecule has 0 N–H and O–H groups in total. The highest BCUT2D eigenvalue weighted by Crippen LogP contribution is 2.40. The second kappa shape index (κ2) is 10.6. The van der Waals surface area contributed by atoms with Gasteiger partial charge in [0.25, 0.3) is 0 Å². The minimum atomic E-state index is -0.278. The molecule has 170 valence electrons. The van der Waals surface area contributed by atoms with E-state index in [2.05, 4.69) is 4.98 Å². The molecule has 0 saturated carbocycles. The molecule has 0 spiro atoms. The van der Waals surface area contributed by atoms with Crippen molar-refractivity contribution in [1.29, 1.82) is 0 Å². The average Bonchev–Trinajstić information content (AvgIpc) is 3.29. The van der Waals surface area contributed by atoms with Gasteiger partial charge < -0.3 is 9.47 Å². The highest BCUT2D eigenvalue weighted by Gasteiger charge is 2.23. The van der Waals surface area contributed by atoms with Crippen LogP contribution < -0.4 is 14.4 Å². The second-order valence-electron chi connectivity index (χ2n) is 7.04. The molecule has 0 aliphatic carbocycles. The average molecular weight is 484 g/mol. The largest absolute Gasteiger partial charge is 0.495 e. The molecule has 0 bridgehead atoms. The summed E-state index contributed by atoms with van der Waals surface area (Å²) in [6.07, 6.45) is 3.73. The van der Waals surface area contributed by atoms with Crippen LogP contribution >= 0.6 is 23.1 Å². The van der Waals surface area contributed by atoms with Crippen molar-refractivity contribution >= 4 is 44.4 Å². The third kappa shape index (κ3) is 5.43. The zero-order valence-electron chi connectivity index (χ0n) is 18.2. The molecular formula is C24H22FN3O3S2. The van der Waals surface area contributed by atoms with Crippen LogP contribution in [0.2, 0.25) is 0 Å². The lowest BCUT2D eigenvalue weighted by Crippen LogP contribution is -2.30. The maximum Gasteiger partial charge on any atom is 0.229 e. The van der Waals surface area contributed by atoms with Crippen LogP contribution in [0.4, 0.5) is 9.52 Å². The zero-order valence-corrected chi connectivity index (χ0v) is 19.8. The summed E-state index contributed by atoms with van der Waals surface area (Å²) >= 11 is 2.90. The molecule has 0 aliphatic heterocycles. The molecule has 4 rings (SSSR count). The third-order valence-electron chi connectivity index (χ3n) is 4.89. The van der Waals surface area contributed by atoms with Crippen molar-refractivity contribution in [2.75, 3.05) is 24.9 Å². The maximum absolute atomic E-state index is 13.3. The van der Waals surface area contributed by atoms with Crippen LogP contribution in [0.25, 0.3) is 10.2 Å². The van der Waals surface area contributed by atoms with Gasteiger partial charge in [0.1, 0.15) is 27.5 Å². The molecule has 2 aromatic carbocycles. The number of carbonyl (C=O) groups is 1. The monoisotopic (exact) mass is 483 g/mol. The summed E-state index contributed by atoms with van der Waals surface area (Å²) in [4.78, 5) is 24.8. The molecule has 33 heavy (non-hydrogen) atoms. The summed E-state index contributed by atoms with van der Waals surface area (Å²) in [6.45, 7) is 0.346. The number of methoxy groups -OCH3 is 2. The van der Waals surface area contributed by atoms with E-state index in [0.717, 1.165) is 15.2 Å². The predicted molar refractivity (Wildman–Crippen MR) is 130 cm³/mol. The van der Waals surface area contributed by atoms with Gasteiger partial charge in [-0.05, 0) is 48.0 Å². The van der Waals surface area contributed by atoms with Crippen LogP contribution in [0, 0.1) is 5.82 Å². The van der Waals surface area contributed by atoms with E-state index in [1.165, 1.54) is 35.2 Å². The number of hydrogen-bond acceptors (Lipinski definition) is 7. The molecule has 0 radical (unpaired) electrons. The van der Waals surface area contributed by atoms with Gasteiger partial charge in [0.2, 0.25) is 5.91 Å². The fourth-order valence-corrected chi connectivity index (χ4v) is 5.18. The number of thioether (sulfide) groups is 1. The molecule has 0 fully saturated rings. The standard InChI is InChI=1S/C24H22FN3O3S2/c1-30-19-9-10-20(31-2)23-22(19)27-24(33-23)28(15-16-4-3-12-26-14-16)21(29)11-13-32-18-7-5-17(25)6-8-18/h3-10,12,14H,11,13,15H2,1-2H3. The number of aromatic nitrogens is 2. The molecule has 2 aromatic heterocycles. The molecule has 6 nitrogen and oxygen atoms in total. The Hall–Kier alpha value is -3.17. The Morgan fingerprint density at radius 3 is 2.55 bits per heavy atom. The zero-order chi connectivity index (χ0) is 23.2. The van der Waals surface area contributed by atoms with Crippen LogP contribution in [0.3, 0.4) is 0 Å². The Morgan fingerprint density at radius 2 is 1.85 bits per heavy atom. The van der Waals surface area contributed by atoms with E-state index in [1.807, 2.05) is 18.2 Å². The number of fused-ring (bicyclic) bond motifs is 1. The van der Waals surface area contributed by atoms with E-state index >= 15 is 0 Å². The van der Waals surface area contributed by atoms with Crippen molar-refractivity contribution in [3.8, 4) is 11.5 Å². The Balaban J connectivity index is 1.60. The number of ether oxygens (including phenoxy) is 2. The Labute approximate surface area is 199 Å². The van der Waals surface area contributed by atoms with Crippen LogP contribution in [0.5, 0.6) is 11.5 Å². The summed E-state index contributed by atoms with van der Waals surface area (Å²) < 4.78 is 24.9. The molecule has 4 aromatic rings. The van der Waals surface area contributed by atoms with Crippen molar-refractivity contribution in [3.63, 3.8) is 0 Å². The molecule has 9 heteroatoms. The van der Waals surface area contributed by atoms with Gasteiger partial charge in [0.05, 0.1) is 20.8 Å². The van der Waals surface area contributed by atoms with Crippen molar-refractivity contribution in [3.05, 3.63) is 72.3 Å². The topological polar surface area (TPSA) is 64.6 Å². The third-order valence-corrected chi connectivity index (χ3v) is 7.00. The van der Waals surface area contributed by atoms with Gasteiger partial charge in [-0.25, -0.2) is 9.37 Å². The number of amides is 1. The summed E-state index contributed by atoms with van der Waals surface area (Å²) in [5.41, 5.74) is 1.55. The van der Waals surface area contributed by atoms with Crippen molar-refractivity contribution in [2.24, 2.45) is 0 Å². The molecular weight excluding hydrogens is 461 g/mol. The van der Waals surface area contributed by atoms with Crippen molar-refractivity contribution in [2.45, 2.75) is 17.9 Å². The van der Waals surface area contributed by atoms with E-state index in [-0.39, 0.29) is 11.7 Å². The molecule has 0 saturated heterocycles. The number of hydrogen-bond donors (Lipinski definition) is 0. The normalized spacial score (nSPS) is 10.9.